The van der Waals surface area contributed by atoms with Gasteiger partial charge >= 0.3 is 73.3 Å². The van der Waals surface area contributed by atoms with E-state index in [2.05, 4.69) is 32.6 Å². The van der Waals surface area contributed by atoms with E-state index in [4.69, 9.17) is 0 Å². The van der Waals surface area contributed by atoms with E-state index in [0.717, 1.165) is 11.8 Å². The van der Waals surface area contributed by atoms with Crippen LogP contribution >= 0.6 is 0 Å². The van der Waals surface area contributed by atoms with Gasteiger partial charge in [-0.2, -0.15) is 0 Å². The summed E-state index contributed by atoms with van der Waals surface area (Å²) in [6, 6.07) is 0. The van der Waals surface area contributed by atoms with Gasteiger partial charge in [-0.15, -0.1) is 0 Å². The standard InChI is InChI=1S/2C4H9.CH3.Sb/c2*1-4(2)3;;/h2*4H,1H2,2-3H3;1H3;. The van der Waals surface area contributed by atoms with Crippen LogP contribution in [0.1, 0.15) is 27.7 Å². The number of rotatable bonds is 4. The normalized spacial score (nSPS) is 12.0. The van der Waals surface area contributed by atoms with Gasteiger partial charge in [0.05, 0.1) is 0 Å². The van der Waals surface area contributed by atoms with E-state index in [1.165, 1.54) is 0 Å². The Bertz CT molecular complexity index is 66.8. The minimum atomic E-state index is -0.713. The molecule has 0 spiro atoms. The Hall–Kier alpha value is 0.818. The van der Waals surface area contributed by atoms with Crippen molar-refractivity contribution in [2.75, 3.05) is 0 Å². The second-order valence-electron chi connectivity index (χ2n) is 4.01. The SMILES string of the molecule is CC(C)[CH2][Sb]([CH3])[CH2]C(C)C. The average Bonchev–Trinajstić information content (AvgIpc) is 1.58. The molecule has 0 amide bonds. The molecule has 0 aliphatic carbocycles. The molecule has 0 unspecified atom stereocenters. The molecule has 0 heterocycles. The molecule has 0 N–H and O–H groups in total. The van der Waals surface area contributed by atoms with Crippen LogP contribution in [-0.4, -0.2) is 20.2 Å². The topological polar surface area (TPSA) is 0 Å². The predicted molar refractivity (Wildman–Crippen MR) is 50.9 cm³/mol. The fourth-order valence-electron chi connectivity index (χ4n) is 1.32. The van der Waals surface area contributed by atoms with Crippen LogP contribution in [0.25, 0.3) is 0 Å². The van der Waals surface area contributed by atoms with Crippen molar-refractivity contribution < 1.29 is 0 Å². The molecule has 0 aromatic heterocycles. The van der Waals surface area contributed by atoms with Gasteiger partial charge in [-0.25, -0.2) is 0 Å². The van der Waals surface area contributed by atoms with Crippen molar-refractivity contribution in [1.29, 1.82) is 0 Å². The van der Waals surface area contributed by atoms with Crippen molar-refractivity contribution in [2.24, 2.45) is 11.8 Å². The summed E-state index contributed by atoms with van der Waals surface area (Å²) in [7, 11) is 0. The minimum absolute atomic E-state index is 0.713. The Morgan fingerprint density at radius 1 is 0.900 bits per heavy atom. The molecule has 0 aromatic carbocycles. The van der Waals surface area contributed by atoms with Gasteiger partial charge in [0.1, 0.15) is 0 Å². The molecular weight excluding hydrogens is 230 g/mol. The van der Waals surface area contributed by atoms with Gasteiger partial charge in [-0.3, -0.25) is 0 Å². The third kappa shape index (κ3) is 6.93. The molecule has 1 heteroatoms. The van der Waals surface area contributed by atoms with Crippen LogP contribution in [0.5, 0.6) is 0 Å². The van der Waals surface area contributed by atoms with Gasteiger partial charge in [0.15, 0.2) is 0 Å². The zero-order chi connectivity index (χ0) is 8.15. The molecule has 62 valence electrons. The Morgan fingerprint density at radius 3 is 1.40 bits per heavy atom. The molecule has 0 aliphatic rings. The van der Waals surface area contributed by atoms with Crippen molar-refractivity contribution in [3.63, 3.8) is 0 Å². The van der Waals surface area contributed by atoms with Gasteiger partial charge in [-0.1, -0.05) is 0 Å². The maximum atomic E-state index is 2.54. The van der Waals surface area contributed by atoms with E-state index in [1.807, 2.05) is 0 Å². The van der Waals surface area contributed by atoms with Crippen LogP contribution < -0.4 is 0 Å². The summed E-state index contributed by atoms with van der Waals surface area (Å²) in [5.74, 6) is 1.90. The van der Waals surface area contributed by atoms with Crippen LogP contribution in [-0.2, 0) is 0 Å². The van der Waals surface area contributed by atoms with Crippen molar-refractivity contribution in [1.82, 2.24) is 0 Å². The second-order valence-corrected chi connectivity index (χ2v) is 11.0. The molecule has 0 fully saturated rings. The first-order chi connectivity index (χ1) is 4.52. The van der Waals surface area contributed by atoms with E-state index in [0.29, 0.717) is 0 Å². The Labute approximate surface area is 73.4 Å². The molecule has 0 rings (SSSR count). The van der Waals surface area contributed by atoms with Gasteiger partial charge in [0, 0.05) is 0 Å². The van der Waals surface area contributed by atoms with E-state index in [-0.39, 0.29) is 0 Å². The van der Waals surface area contributed by atoms with Crippen LogP contribution in [0.4, 0.5) is 0 Å². The Morgan fingerprint density at radius 2 is 1.20 bits per heavy atom. The van der Waals surface area contributed by atoms with E-state index < -0.39 is 20.2 Å². The van der Waals surface area contributed by atoms with Crippen LogP contribution in [0, 0.1) is 11.8 Å². The molecule has 0 saturated heterocycles. The summed E-state index contributed by atoms with van der Waals surface area (Å²) >= 11 is -0.713. The van der Waals surface area contributed by atoms with Gasteiger partial charge in [0.2, 0.25) is 0 Å². The molecular formula is C9H21Sb. The Balaban J connectivity index is 3.34. The van der Waals surface area contributed by atoms with Crippen molar-refractivity contribution in [3.05, 3.63) is 0 Å². The summed E-state index contributed by atoms with van der Waals surface area (Å²) in [4.78, 5) is 2.54. The molecule has 0 radical (unpaired) electrons. The number of hydrogen-bond donors (Lipinski definition) is 0. The molecule has 0 nitrogen and oxygen atoms in total. The van der Waals surface area contributed by atoms with Crippen LogP contribution in [0.2, 0.25) is 13.6 Å². The monoisotopic (exact) mass is 250 g/mol. The average molecular weight is 251 g/mol. The van der Waals surface area contributed by atoms with E-state index in [1.54, 1.807) is 8.73 Å². The van der Waals surface area contributed by atoms with E-state index >= 15 is 0 Å². The summed E-state index contributed by atoms with van der Waals surface area (Å²) in [5.41, 5.74) is 0. The second kappa shape index (κ2) is 5.47. The first-order valence-corrected chi connectivity index (χ1v) is 10.4. The molecule has 10 heavy (non-hydrogen) atoms. The summed E-state index contributed by atoms with van der Waals surface area (Å²) in [5, 5.41) is 0. The summed E-state index contributed by atoms with van der Waals surface area (Å²) < 4.78 is 3.14. The molecule has 0 bridgehead atoms. The quantitative estimate of drug-likeness (QED) is 0.671. The number of hydrogen-bond acceptors (Lipinski definition) is 0. The fourth-order valence-corrected chi connectivity index (χ4v) is 8.86. The zero-order valence-electron chi connectivity index (χ0n) is 8.02. The predicted octanol–water partition coefficient (Wildman–Crippen LogP) is 3.42. The van der Waals surface area contributed by atoms with Crippen LogP contribution in [0.3, 0.4) is 0 Å². The van der Waals surface area contributed by atoms with Gasteiger partial charge in [0.25, 0.3) is 0 Å². The van der Waals surface area contributed by atoms with Crippen molar-refractivity contribution >= 4 is 20.2 Å². The molecule has 0 aromatic rings. The third-order valence-electron chi connectivity index (χ3n) is 1.35. The first kappa shape index (κ1) is 10.8. The van der Waals surface area contributed by atoms with E-state index in [9.17, 15) is 0 Å². The molecule has 0 aliphatic heterocycles. The zero-order valence-corrected chi connectivity index (χ0v) is 10.6. The van der Waals surface area contributed by atoms with Crippen molar-refractivity contribution in [2.45, 2.75) is 41.3 Å². The molecule has 0 saturated carbocycles. The van der Waals surface area contributed by atoms with Crippen molar-refractivity contribution in [3.8, 4) is 0 Å². The fraction of sp³-hybridized carbons (Fsp3) is 1.00. The van der Waals surface area contributed by atoms with Gasteiger partial charge in [-0.05, 0) is 0 Å². The maximum absolute atomic E-state index is 2.54. The molecule has 0 atom stereocenters. The third-order valence-corrected chi connectivity index (χ3v) is 9.08. The summed E-state index contributed by atoms with van der Waals surface area (Å²) in [6.45, 7) is 9.39. The first-order valence-electron chi connectivity index (χ1n) is 4.21. The Kier molecular flexibility index (Phi) is 5.91. The summed E-state index contributed by atoms with van der Waals surface area (Å²) in [6.07, 6.45) is 0. The van der Waals surface area contributed by atoms with Crippen LogP contribution in [0.15, 0.2) is 0 Å². The van der Waals surface area contributed by atoms with Gasteiger partial charge < -0.3 is 0 Å².